The van der Waals surface area contributed by atoms with Crippen LogP contribution in [0.2, 0.25) is 5.82 Å². The number of para-hydroxylation sites is 1. The van der Waals surface area contributed by atoms with E-state index in [1.165, 1.54) is 7.11 Å². The van der Waals surface area contributed by atoms with E-state index in [4.69, 9.17) is 21.8 Å². The highest BCUT2D eigenvalue weighted by Gasteiger charge is 2.46. The van der Waals surface area contributed by atoms with Crippen LogP contribution >= 0.6 is 7.52 Å². The topological polar surface area (TPSA) is 73.9 Å². The number of benzene rings is 1. The smallest absolute Gasteiger partial charge is 0.356 e. The van der Waals surface area contributed by atoms with Crippen LogP contribution in [0.1, 0.15) is 33.1 Å². The lowest BCUT2D eigenvalue weighted by Crippen LogP contribution is -2.38. The number of carbonyl (C=O) groups is 1. The lowest BCUT2D eigenvalue weighted by atomic mass is 9.86. The van der Waals surface area contributed by atoms with Gasteiger partial charge in [0, 0.05) is 6.04 Å². The second-order valence-electron chi connectivity index (χ2n) is 6.49. The molecule has 4 unspecified atom stereocenters. The molecule has 0 saturated heterocycles. The summed E-state index contributed by atoms with van der Waals surface area (Å²) in [4.78, 5) is 12.3. The van der Waals surface area contributed by atoms with Crippen molar-refractivity contribution in [1.82, 2.24) is 5.09 Å². The zero-order valence-electron chi connectivity index (χ0n) is 14.9. The van der Waals surface area contributed by atoms with Gasteiger partial charge in [-0.25, -0.2) is 9.88 Å². The van der Waals surface area contributed by atoms with E-state index in [2.05, 4.69) is 5.09 Å². The molecule has 0 heterocycles. The maximum atomic E-state index is 13.6. The van der Waals surface area contributed by atoms with Gasteiger partial charge in [-0.1, -0.05) is 30.4 Å². The molecule has 0 spiro atoms. The van der Waals surface area contributed by atoms with Gasteiger partial charge in [0.2, 0.25) is 0 Å². The molecule has 1 aromatic carbocycles. The van der Waals surface area contributed by atoms with Gasteiger partial charge in [-0.05, 0) is 38.8 Å². The molecule has 0 bridgehead atoms. The number of nitrogens with one attached hydrogen (secondary N) is 1. The van der Waals surface area contributed by atoms with Gasteiger partial charge in [-0.3, -0.25) is 4.57 Å². The standard InChI is InChI=1S/C17H25BNO5P/c1-12(2)19-25(21,24-14-7-5-4-6-8-14)17(16(20)22-3)23-15-10-9-13(18)11-15/h4-8,12-13,15,17H,9-11H2,1-3H3,(H,19,21). The fraction of sp³-hybridized carbons (Fsp3) is 0.588. The predicted molar refractivity (Wildman–Crippen MR) is 97.0 cm³/mol. The minimum atomic E-state index is -3.74. The summed E-state index contributed by atoms with van der Waals surface area (Å²) in [6.07, 6.45) is 1.88. The van der Waals surface area contributed by atoms with E-state index in [0.717, 1.165) is 6.42 Å². The average Bonchev–Trinajstić information content (AvgIpc) is 2.97. The molecule has 1 aromatic rings. The number of carbonyl (C=O) groups excluding carboxylic acids is 1. The molecule has 1 saturated carbocycles. The summed E-state index contributed by atoms with van der Waals surface area (Å²) in [5.41, 5.74) is 0. The zero-order chi connectivity index (χ0) is 18.4. The third-order valence-electron chi connectivity index (χ3n) is 3.88. The van der Waals surface area contributed by atoms with Gasteiger partial charge in [0.15, 0.2) is 0 Å². The third kappa shape index (κ3) is 5.60. The lowest BCUT2D eigenvalue weighted by molar-refractivity contribution is -0.151. The second-order valence-corrected chi connectivity index (χ2v) is 8.60. The highest BCUT2D eigenvalue weighted by molar-refractivity contribution is 7.58. The summed E-state index contributed by atoms with van der Waals surface area (Å²) in [5.74, 6) is -1.67. The van der Waals surface area contributed by atoms with Gasteiger partial charge in [-0.15, -0.1) is 0 Å². The quantitative estimate of drug-likeness (QED) is 0.433. The van der Waals surface area contributed by atoms with Crippen LogP contribution < -0.4 is 9.61 Å². The normalized spacial score (nSPS) is 23.8. The predicted octanol–water partition coefficient (Wildman–Crippen LogP) is 3.28. The van der Waals surface area contributed by atoms with E-state index in [0.29, 0.717) is 18.6 Å². The van der Waals surface area contributed by atoms with E-state index in [1.807, 2.05) is 19.9 Å². The Balaban J connectivity index is 2.28. The minimum absolute atomic E-state index is 0.0239. The Morgan fingerprint density at radius 2 is 1.96 bits per heavy atom. The molecule has 136 valence electrons. The van der Waals surface area contributed by atoms with Crippen LogP contribution in [0.25, 0.3) is 0 Å². The van der Waals surface area contributed by atoms with Crippen molar-refractivity contribution in [1.29, 1.82) is 0 Å². The van der Waals surface area contributed by atoms with E-state index < -0.39 is 19.3 Å². The van der Waals surface area contributed by atoms with Crippen LogP contribution in [0.4, 0.5) is 0 Å². The van der Waals surface area contributed by atoms with Crippen molar-refractivity contribution in [2.45, 2.75) is 56.9 Å². The Morgan fingerprint density at radius 3 is 2.48 bits per heavy atom. The molecular formula is C17H25BNO5P. The Morgan fingerprint density at radius 1 is 1.28 bits per heavy atom. The number of rotatable bonds is 8. The van der Waals surface area contributed by atoms with Gasteiger partial charge in [0.25, 0.3) is 5.85 Å². The van der Waals surface area contributed by atoms with E-state index in [1.54, 1.807) is 24.3 Å². The molecule has 1 aliphatic rings. The third-order valence-corrected chi connectivity index (χ3v) is 6.19. The molecule has 1 N–H and O–H groups in total. The van der Waals surface area contributed by atoms with Crippen LogP contribution in [-0.4, -0.2) is 38.9 Å². The molecule has 0 amide bonds. The number of ether oxygens (including phenoxy) is 2. The molecule has 6 nitrogen and oxygen atoms in total. The lowest BCUT2D eigenvalue weighted by Gasteiger charge is -2.30. The van der Waals surface area contributed by atoms with Crippen LogP contribution in [0.5, 0.6) is 5.75 Å². The number of hydrogen-bond acceptors (Lipinski definition) is 5. The summed E-state index contributed by atoms with van der Waals surface area (Å²) >= 11 is 0. The van der Waals surface area contributed by atoms with Crippen molar-refractivity contribution in [2.24, 2.45) is 0 Å². The highest BCUT2D eigenvalue weighted by Crippen LogP contribution is 2.51. The van der Waals surface area contributed by atoms with Gasteiger partial charge >= 0.3 is 13.5 Å². The highest BCUT2D eigenvalue weighted by atomic mass is 31.2. The molecule has 0 aliphatic heterocycles. The molecule has 2 radical (unpaired) electrons. The summed E-state index contributed by atoms with van der Waals surface area (Å²) in [6, 6.07) is 8.51. The van der Waals surface area contributed by atoms with Crippen LogP contribution in [0, 0.1) is 0 Å². The van der Waals surface area contributed by atoms with Crippen molar-refractivity contribution < 1.29 is 23.4 Å². The van der Waals surface area contributed by atoms with Crippen LogP contribution in [0.3, 0.4) is 0 Å². The molecule has 4 atom stereocenters. The summed E-state index contributed by atoms with van der Waals surface area (Å²) < 4.78 is 30.0. The van der Waals surface area contributed by atoms with Crippen molar-refractivity contribution in [2.75, 3.05) is 7.11 Å². The largest absolute Gasteiger partial charge is 0.467 e. The summed E-state index contributed by atoms with van der Waals surface area (Å²) in [7, 11) is 3.41. The Hall–Kier alpha value is -1.30. The first kappa shape index (κ1) is 20.0. The second kappa shape index (κ2) is 8.88. The fourth-order valence-electron chi connectivity index (χ4n) is 2.79. The van der Waals surface area contributed by atoms with Gasteiger partial charge in [-0.2, -0.15) is 0 Å². The molecular weight excluding hydrogens is 340 g/mol. The fourth-order valence-corrected chi connectivity index (χ4v) is 4.95. The Bertz CT molecular complexity index is 612. The van der Waals surface area contributed by atoms with Crippen LogP contribution in [-0.2, 0) is 18.8 Å². The van der Waals surface area contributed by atoms with E-state index in [9.17, 15) is 9.36 Å². The minimum Gasteiger partial charge on any atom is -0.467 e. The van der Waals surface area contributed by atoms with Crippen molar-refractivity contribution in [3.8, 4) is 5.75 Å². The summed E-state index contributed by atoms with van der Waals surface area (Å²) in [6.45, 7) is 3.64. The van der Waals surface area contributed by atoms with Gasteiger partial charge in [0.05, 0.1) is 21.1 Å². The molecule has 1 fully saturated rings. The van der Waals surface area contributed by atoms with Gasteiger partial charge in [0.1, 0.15) is 5.75 Å². The molecule has 0 aromatic heterocycles. The van der Waals surface area contributed by atoms with Gasteiger partial charge < -0.3 is 14.0 Å². The number of hydrogen-bond donors (Lipinski definition) is 1. The van der Waals surface area contributed by atoms with E-state index >= 15 is 0 Å². The van der Waals surface area contributed by atoms with Crippen molar-refractivity contribution in [3.63, 3.8) is 0 Å². The summed E-state index contributed by atoms with van der Waals surface area (Å²) in [5, 5.41) is 2.88. The Labute approximate surface area is 150 Å². The average molecular weight is 365 g/mol. The molecule has 2 rings (SSSR count). The molecule has 25 heavy (non-hydrogen) atoms. The molecule has 8 heteroatoms. The maximum Gasteiger partial charge on any atom is 0.356 e. The van der Waals surface area contributed by atoms with Crippen molar-refractivity contribution >= 4 is 21.3 Å². The van der Waals surface area contributed by atoms with Crippen molar-refractivity contribution in [3.05, 3.63) is 30.3 Å². The maximum absolute atomic E-state index is 13.6. The monoisotopic (exact) mass is 365 g/mol. The first-order valence-corrected chi connectivity index (χ1v) is 10.1. The number of methoxy groups -OCH3 is 1. The SMILES string of the molecule is [B]C1CCC(OC(C(=O)OC)P(=O)(NC(C)C)Oc2ccccc2)C1. The molecule has 1 aliphatic carbocycles. The first-order chi connectivity index (χ1) is 11.8. The number of esters is 1. The zero-order valence-corrected chi connectivity index (χ0v) is 15.8. The van der Waals surface area contributed by atoms with E-state index in [-0.39, 0.29) is 18.0 Å². The first-order valence-electron chi connectivity index (χ1n) is 8.45. The Kier molecular flexibility index (Phi) is 7.11. The van der Waals surface area contributed by atoms with Crippen LogP contribution in [0.15, 0.2) is 30.3 Å².